The SMILES string of the molecule is c1ccc(-c2cc(-c3ccccc3)nc(-c3cccc4c3Oc3ccccc3C43c4ccccc4-c4cc5c(cc43)sc3ccccc35)n2)cc1. The second-order valence-corrected chi connectivity index (χ2v) is 14.3. The maximum absolute atomic E-state index is 7.03. The lowest BCUT2D eigenvalue weighted by Gasteiger charge is -2.40. The molecule has 3 heterocycles. The molecule has 1 aliphatic heterocycles. The van der Waals surface area contributed by atoms with Crippen LogP contribution in [0.4, 0.5) is 0 Å². The van der Waals surface area contributed by atoms with Gasteiger partial charge in [0.15, 0.2) is 5.82 Å². The van der Waals surface area contributed by atoms with Gasteiger partial charge in [0.25, 0.3) is 0 Å². The Kier molecular flexibility index (Phi) is 6.04. The molecule has 4 heteroatoms. The van der Waals surface area contributed by atoms with Crippen LogP contribution in [-0.2, 0) is 5.41 Å². The Morgan fingerprint density at radius 2 is 1.06 bits per heavy atom. The maximum Gasteiger partial charge on any atom is 0.164 e. The molecule has 1 aliphatic carbocycles. The zero-order valence-electron chi connectivity index (χ0n) is 27.4. The van der Waals surface area contributed by atoms with Crippen molar-refractivity contribution in [2.45, 2.75) is 5.41 Å². The molecule has 0 amide bonds. The fourth-order valence-electron chi connectivity index (χ4n) is 8.39. The van der Waals surface area contributed by atoms with E-state index in [1.54, 1.807) is 0 Å². The van der Waals surface area contributed by atoms with Gasteiger partial charge in [0, 0.05) is 42.4 Å². The van der Waals surface area contributed by atoms with Gasteiger partial charge in [-0.15, -0.1) is 11.3 Å². The number of benzene rings is 7. The van der Waals surface area contributed by atoms with Gasteiger partial charge in [0.1, 0.15) is 11.5 Å². The molecule has 0 N–H and O–H groups in total. The van der Waals surface area contributed by atoms with Gasteiger partial charge in [-0.05, 0) is 58.7 Å². The molecule has 1 spiro atoms. The van der Waals surface area contributed by atoms with E-state index in [0.29, 0.717) is 5.82 Å². The van der Waals surface area contributed by atoms with Crippen molar-refractivity contribution < 1.29 is 4.74 Å². The molecule has 238 valence electrons. The van der Waals surface area contributed by atoms with E-state index in [1.807, 2.05) is 23.5 Å². The topological polar surface area (TPSA) is 35.0 Å². The third kappa shape index (κ3) is 4.05. The molecule has 0 saturated carbocycles. The minimum Gasteiger partial charge on any atom is -0.456 e. The zero-order chi connectivity index (χ0) is 33.5. The third-order valence-corrected chi connectivity index (χ3v) is 11.7. The quantitative estimate of drug-likeness (QED) is 0.188. The molecule has 3 nitrogen and oxygen atoms in total. The van der Waals surface area contributed by atoms with Gasteiger partial charge >= 0.3 is 0 Å². The lowest BCUT2D eigenvalue weighted by molar-refractivity contribution is 0.438. The second kappa shape index (κ2) is 10.8. The van der Waals surface area contributed by atoms with E-state index in [4.69, 9.17) is 14.7 Å². The summed E-state index contributed by atoms with van der Waals surface area (Å²) in [4.78, 5) is 10.5. The summed E-state index contributed by atoms with van der Waals surface area (Å²) in [5.74, 6) is 2.27. The molecule has 11 rings (SSSR count). The van der Waals surface area contributed by atoms with Crippen molar-refractivity contribution in [2.24, 2.45) is 0 Å². The molecule has 1 atom stereocenters. The van der Waals surface area contributed by atoms with Crippen LogP contribution in [0.5, 0.6) is 11.5 Å². The molecule has 0 bridgehead atoms. The molecule has 0 fully saturated rings. The number of nitrogens with zero attached hydrogens (tertiary/aromatic N) is 2. The van der Waals surface area contributed by atoms with E-state index in [-0.39, 0.29) is 0 Å². The van der Waals surface area contributed by atoms with E-state index in [1.165, 1.54) is 42.4 Å². The predicted octanol–water partition coefficient (Wildman–Crippen LogP) is 12.3. The fourth-order valence-corrected chi connectivity index (χ4v) is 9.52. The van der Waals surface area contributed by atoms with Crippen LogP contribution in [0.25, 0.3) is 65.2 Å². The van der Waals surface area contributed by atoms with E-state index >= 15 is 0 Å². The highest BCUT2D eigenvalue weighted by Crippen LogP contribution is 2.64. The Labute approximate surface area is 299 Å². The van der Waals surface area contributed by atoms with E-state index in [2.05, 4.69) is 158 Å². The Bertz CT molecular complexity index is 2780. The normalized spacial score (nSPS) is 15.3. The number of rotatable bonds is 3. The first-order chi connectivity index (χ1) is 25.3. The standard InChI is InChI=1S/C47H28N2OS/c1-3-14-29(15-4-1)40-28-41(30-16-5-2-6-17-30)49-46(48-40)33-20-13-23-38-45(33)50-42-24-11-10-22-37(42)47(38)36-21-9-7-18-31(36)34-26-35-32-19-8-12-25-43(32)51-44(35)27-39(34)47/h1-28H. The average molecular weight is 669 g/mol. The van der Waals surface area contributed by atoms with Crippen molar-refractivity contribution in [3.63, 3.8) is 0 Å². The van der Waals surface area contributed by atoms with Crippen molar-refractivity contribution in [3.8, 4) is 56.5 Å². The van der Waals surface area contributed by atoms with Gasteiger partial charge in [-0.3, -0.25) is 0 Å². The van der Waals surface area contributed by atoms with Crippen molar-refractivity contribution in [2.75, 3.05) is 0 Å². The van der Waals surface area contributed by atoms with E-state index in [0.717, 1.165) is 50.7 Å². The molecule has 7 aromatic carbocycles. The summed E-state index contributed by atoms with van der Waals surface area (Å²) in [5.41, 5.74) is 11.4. The molecular weight excluding hydrogens is 641 g/mol. The van der Waals surface area contributed by atoms with Crippen LogP contribution in [0.1, 0.15) is 22.3 Å². The summed E-state index contributed by atoms with van der Waals surface area (Å²) in [6.07, 6.45) is 0. The van der Waals surface area contributed by atoms with Crippen LogP contribution in [0.2, 0.25) is 0 Å². The smallest absolute Gasteiger partial charge is 0.164 e. The average Bonchev–Trinajstić information content (AvgIpc) is 3.70. The number of aromatic nitrogens is 2. The monoisotopic (exact) mass is 668 g/mol. The molecule has 0 radical (unpaired) electrons. The number of para-hydroxylation sites is 2. The number of hydrogen-bond donors (Lipinski definition) is 0. The molecule has 1 unspecified atom stereocenters. The lowest BCUT2D eigenvalue weighted by atomic mass is 9.65. The Hall–Kier alpha value is -6.36. The first kappa shape index (κ1) is 28.5. The zero-order valence-corrected chi connectivity index (χ0v) is 28.2. The second-order valence-electron chi connectivity index (χ2n) is 13.3. The van der Waals surface area contributed by atoms with Crippen LogP contribution < -0.4 is 4.74 Å². The van der Waals surface area contributed by atoms with Crippen molar-refractivity contribution in [3.05, 3.63) is 192 Å². The molecule has 0 saturated heterocycles. The molecule has 2 aliphatic rings. The number of hydrogen-bond acceptors (Lipinski definition) is 4. The van der Waals surface area contributed by atoms with Gasteiger partial charge in [-0.25, -0.2) is 9.97 Å². The summed E-state index contributed by atoms with van der Waals surface area (Å²) in [7, 11) is 0. The molecule has 2 aromatic heterocycles. The lowest BCUT2D eigenvalue weighted by Crippen LogP contribution is -2.32. The van der Waals surface area contributed by atoms with Gasteiger partial charge in [-0.2, -0.15) is 0 Å². The van der Waals surface area contributed by atoms with Gasteiger partial charge in [0.05, 0.1) is 22.4 Å². The first-order valence-corrected chi connectivity index (χ1v) is 18.1. The first-order valence-electron chi connectivity index (χ1n) is 17.2. The molecule has 9 aromatic rings. The fraction of sp³-hybridized carbons (Fsp3) is 0.0213. The van der Waals surface area contributed by atoms with Crippen molar-refractivity contribution in [1.82, 2.24) is 9.97 Å². The van der Waals surface area contributed by atoms with Crippen LogP contribution in [0, 0.1) is 0 Å². The summed E-state index contributed by atoms with van der Waals surface area (Å²) < 4.78 is 9.62. The maximum atomic E-state index is 7.03. The Morgan fingerprint density at radius 1 is 0.431 bits per heavy atom. The van der Waals surface area contributed by atoms with Crippen molar-refractivity contribution in [1.29, 1.82) is 0 Å². The Morgan fingerprint density at radius 3 is 1.84 bits per heavy atom. The summed E-state index contributed by atoms with van der Waals surface area (Å²) in [5, 5.41) is 2.61. The highest BCUT2D eigenvalue weighted by atomic mass is 32.1. The minimum atomic E-state index is -0.601. The summed E-state index contributed by atoms with van der Waals surface area (Å²) >= 11 is 1.86. The largest absolute Gasteiger partial charge is 0.456 e. The van der Waals surface area contributed by atoms with Gasteiger partial charge < -0.3 is 4.74 Å². The number of thiophene rings is 1. The highest BCUT2D eigenvalue weighted by Gasteiger charge is 2.51. The molecular formula is C47H28N2OS. The summed E-state index contributed by atoms with van der Waals surface area (Å²) in [6.45, 7) is 0. The van der Waals surface area contributed by atoms with Crippen molar-refractivity contribution >= 4 is 31.5 Å². The van der Waals surface area contributed by atoms with Gasteiger partial charge in [-0.1, -0.05) is 133 Å². The van der Waals surface area contributed by atoms with Crippen LogP contribution in [-0.4, -0.2) is 9.97 Å². The van der Waals surface area contributed by atoms with Crippen LogP contribution >= 0.6 is 11.3 Å². The molecule has 51 heavy (non-hydrogen) atoms. The predicted molar refractivity (Wildman–Crippen MR) is 209 cm³/mol. The summed E-state index contributed by atoms with van der Waals surface area (Å²) in [6, 6.07) is 60.4. The van der Waals surface area contributed by atoms with E-state index < -0.39 is 5.41 Å². The minimum absolute atomic E-state index is 0.601. The number of fused-ring (bicyclic) bond motifs is 12. The highest BCUT2D eigenvalue weighted by molar-refractivity contribution is 7.25. The van der Waals surface area contributed by atoms with E-state index in [9.17, 15) is 0 Å². The van der Waals surface area contributed by atoms with Crippen LogP contribution in [0.3, 0.4) is 0 Å². The number of ether oxygens (including phenoxy) is 1. The Balaban J connectivity index is 1.22. The van der Waals surface area contributed by atoms with Gasteiger partial charge in [0.2, 0.25) is 0 Å². The third-order valence-electron chi connectivity index (χ3n) is 10.6. The van der Waals surface area contributed by atoms with Crippen LogP contribution in [0.15, 0.2) is 170 Å².